The van der Waals surface area contributed by atoms with E-state index < -0.39 is 18.0 Å². The first-order valence-corrected chi connectivity index (χ1v) is 7.16. The number of nitrogens with two attached hydrogens (primary N) is 1. The molecule has 1 rings (SSSR count). The Hall–Kier alpha value is -1.27. The molecule has 2 atom stereocenters. The van der Waals surface area contributed by atoms with Gasteiger partial charge in [0, 0.05) is 0 Å². The molecule has 0 fully saturated rings. The molecule has 0 bridgehead atoms. The molecule has 1 aromatic rings. The molecule has 5 nitrogen and oxygen atoms in total. The first-order chi connectivity index (χ1) is 9.77. The van der Waals surface area contributed by atoms with Gasteiger partial charge in [-0.1, -0.05) is 43.5 Å². The van der Waals surface area contributed by atoms with Crippen LogP contribution in [0.15, 0.2) is 0 Å². The van der Waals surface area contributed by atoms with Crippen LogP contribution in [0, 0.1) is 11.9 Å². The molecule has 21 heavy (non-hydrogen) atoms. The van der Waals surface area contributed by atoms with E-state index in [1.165, 1.54) is 6.92 Å². The fraction of sp³-hybridized carbons (Fsp3) is 0.538. The molecule has 8 heteroatoms. The summed E-state index contributed by atoms with van der Waals surface area (Å²) < 4.78 is 23.7. The topological polar surface area (TPSA) is 74.4 Å². The highest BCUT2D eigenvalue weighted by molar-refractivity contribution is 6.39. The van der Waals surface area contributed by atoms with Crippen molar-refractivity contribution in [2.75, 3.05) is 12.3 Å². The van der Waals surface area contributed by atoms with E-state index in [2.05, 4.69) is 4.98 Å². The fourth-order valence-corrected chi connectivity index (χ4v) is 1.63. The molecule has 2 N–H and O–H groups in total. The fourth-order valence-electron chi connectivity index (χ4n) is 1.26. The first kappa shape index (κ1) is 17.8. The molecule has 1 unspecified atom stereocenters. The lowest BCUT2D eigenvalue weighted by atomic mass is 10.1. The number of carbonyl (C=O) groups is 1. The second-order valence-electron chi connectivity index (χ2n) is 4.65. The Morgan fingerprint density at radius 3 is 2.57 bits per heavy atom. The van der Waals surface area contributed by atoms with Crippen molar-refractivity contribution in [3.63, 3.8) is 0 Å². The minimum Gasteiger partial charge on any atom is -0.463 e. The van der Waals surface area contributed by atoms with Crippen LogP contribution in [-0.4, -0.2) is 23.7 Å². The van der Waals surface area contributed by atoms with Crippen molar-refractivity contribution in [1.82, 2.24) is 4.98 Å². The van der Waals surface area contributed by atoms with Crippen LogP contribution < -0.4 is 10.5 Å². The number of hydrogen-bond acceptors (Lipinski definition) is 5. The van der Waals surface area contributed by atoms with E-state index in [1.54, 1.807) is 0 Å². The molecule has 0 saturated heterocycles. The summed E-state index contributed by atoms with van der Waals surface area (Å²) >= 11 is 11.4. The monoisotopic (exact) mass is 338 g/mol. The van der Waals surface area contributed by atoms with Gasteiger partial charge < -0.3 is 15.2 Å². The average Bonchev–Trinajstić information content (AvgIpc) is 2.47. The summed E-state index contributed by atoms with van der Waals surface area (Å²) in [6.07, 6.45) is -0.117. The number of anilines is 1. The summed E-state index contributed by atoms with van der Waals surface area (Å²) in [5, 5.41) is -0.540. The Morgan fingerprint density at radius 1 is 1.38 bits per heavy atom. The molecular formula is C13H17Cl2FN2O3. The second kappa shape index (κ2) is 7.66. The van der Waals surface area contributed by atoms with Crippen LogP contribution in [0.2, 0.25) is 10.0 Å². The number of nitrogen functional groups attached to an aromatic ring is 1. The third-order valence-corrected chi connectivity index (χ3v) is 3.59. The molecule has 0 aliphatic rings. The highest BCUT2D eigenvalue weighted by Crippen LogP contribution is 2.35. The molecule has 1 heterocycles. The van der Waals surface area contributed by atoms with Crippen LogP contribution in [0.4, 0.5) is 10.1 Å². The van der Waals surface area contributed by atoms with E-state index in [-0.39, 0.29) is 34.1 Å². The maximum absolute atomic E-state index is 13.4. The van der Waals surface area contributed by atoms with E-state index in [0.717, 1.165) is 6.42 Å². The van der Waals surface area contributed by atoms with Gasteiger partial charge in [-0.2, -0.15) is 9.37 Å². The molecule has 0 aromatic carbocycles. The van der Waals surface area contributed by atoms with Crippen LogP contribution in [-0.2, 0) is 9.53 Å². The predicted octanol–water partition coefficient (Wildman–Crippen LogP) is 3.47. The van der Waals surface area contributed by atoms with E-state index in [9.17, 15) is 9.18 Å². The molecule has 1 aromatic heterocycles. The highest BCUT2D eigenvalue weighted by atomic mass is 35.5. The standard InChI is InChI=1S/C13H17Cl2FN2O3/c1-4-6(2)5-20-13(19)7(3)21-12-9(15)10(17)8(14)11(16)18-12/h6-7H,4-5H2,1-3H3,(H2,17,18)/t6?,7-/m1/s1. The van der Waals surface area contributed by atoms with Gasteiger partial charge in [-0.05, 0) is 12.8 Å². The van der Waals surface area contributed by atoms with Crippen LogP contribution in [0.1, 0.15) is 27.2 Å². The number of esters is 1. The zero-order chi connectivity index (χ0) is 16.2. The Morgan fingerprint density at radius 2 is 2.00 bits per heavy atom. The summed E-state index contributed by atoms with van der Waals surface area (Å²) in [7, 11) is 0. The van der Waals surface area contributed by atoms with E-state index in [1.807, 2.05) is 13.8 Å². The third-order valence-electron chi connectivity index (χ3n) is 2.87. The summed E-state index contributed by atoms with van der Waals surface area (Å²) in [5.41, 5.74) is 5.32. The summed E-state index contributed by atoms with van der Waals surface area (Å²) in [4.78, 5) is 15.2. The van der Waals surface area contributed by atoms with Crippen LogP contribution >= 0.6 is 23.2 Å². The smallest absolute Gasteiger partial charge is 0.347 e. The first-order valence-electron chi connectivity index (χ1n) is 6.41. The van der Waals surface area contributed by atoms with E-state index in [4.69, 9.17) is 38.4 Å². The molecular weight excluding hydrogens is 322 g/mol. The predicted molar refractivity (Wildman–Crippen MR) is 79.1 cm³/mol. The summed E-state index contributed by atoms with van der Waals surface area (Å²) in [6.45, 7) is 5.66. The van der Waals surface area contributed by atoms with Gasteiger partial charge in [0.15, 0.2) is 6.10 Å². The number of rotatable bonds is 6. The maximum Gasteiger partial charge on any atom is 0.347 e. The quantitative estimate of drug-likeness (QED) is 0.635. The van der Waals surface area contributed by atoms with Gasteiger partial charge in [0.2, 0.25) is 11.8 Å². The van der Waals surface area contributed by atoms with Gasteiger partial charge in [-0.3, -0.25) is 0 Å². The zero-order valence-corrected chi connectivity index (χ0v) is 13.5. The van der Waals surface area contributed by atoms with Crippen molar-refractivity contribution >= 4 is 34.9 Å². The lowest BCUT2D eigenvalue weighted by Crippen LogP contribution is -2.28. The lowest BCUT2D eigenvalue weighted by Gasteiger charge is -2.16. The average molecular weight is 339 g/mol. The Kier molecular flexibility index (Phi) is 6.48. The molecule has 0 saturated carbocycles. The van der Waals surface area contributed by atoms with Gasteiger partial charge in [0.25, 0.3) is 0 Å². The van der Waals surface area contributed by atoms with Gasteiger partial charge >= 0.3 is 5.97 Å². The Labute approximate surface area is 132 Å². The Bertz CT molecular complexity index is 529. The Balaban J connectivity index is 2.75. The number of carbonyl (C=O) groups excluding carboxylic acids is 1. The van der Waals surface area contributed by atoms with Crippen molar-refractivity contribution in [3.8, 4) is 5.88 Å². The van der Waals surface area contributed by atoms with Crippen molar-refractivity contribution in [2.45, 2.75) is 33.3 Å². The third kappa shape index (κ3) is 4.61. The number of pyridine rings is 1. The SMILES string of the molecule is CCC(C)COC(=O)[C@@H](C)Oc1nc(F)c(Cl)c(N)c1Cl. The largest absolute Gasteiger partial charge is 0.463 e. The normalized spacial score (nSPS) is 13.6. The number of hydrogen-bond donors (Lipinski definition) is 1. The van der Waals surface area contributed by atoms with Crippen molar-refractivity contribution in [1.29, 1.82) is 0 Å². The number of ether oxygens (including phenoxy) is 2. The van der Waals surface area contributed by atoms with Crippen molar-refractivity contribution in [3.05, 3.63) is 16.0 Å². The second-order valence-corrected chi connectivity index (χ2v) is 5.41. The minimum absolute atomic E-state index is 0.150. The van der Waals surface area contributed by atoms with Crippen LogP contribution in [0.25, 0.3) is 0 Å². The maximum atomic E-state index is 13.4. The van der Waals surface area contributed by atoms with Gasteiger partial charge in [-0.15, -0.1) is 0 Å². The molecule has 0 spiro atoms. The summed E-state index contributed by atoms with van der Waals surface area (Å²) in [5.74, 6) is -1.67. The van der Waals surface area contributed by atoms with Gasteiger partial charge in [0.1, 0.15) is 10.0 Å². The van der Waals surface area contributed by atoms with Crippen LogP contribution in [0.3, 0.4) is 0 Å². The lowest BCUT2D eigenvalue weighted by molar-refractivity contribution is -0.152. The minimum atomic E-state index is -1.02. The van der Waals surface area contributed by atoms with E-state index in [0.29, 0.717) is 0 Å². The molecule has 0 radical (unpaired) electrons. The zero-order valence-electron chi connectivity index (χ0n) is 12.0. The van der Waals surface area contributed by atoms with Crippen molar-refractivity contribution < 1.29 is 18.7 Å². The van der Waals surface area contributed by atoms with Gasteiger partial charge in [-0.25, -0.2) is 4.79 Å². The van der Waals surface area contributed by atoms with Crippen molar-refractivity contribution in [2.24, 2.45) is 5.92 Å². The molecule has 118 valence electrons. The molecule has 0 aliphatic heterocycles. The number of halogens is 3. The molecule has 0 aliphatic carbocycles. The van der Waals surface area contributed by atoms with Crippen LogP contribution in [0.5, 0.6) is 5.88 Å². The number of nitrogens with zero attached hydrogens (tertiary/aromatic N) is 1. The highest BCUT2D eigenvalue weighted by Gasteiger charge is 2.22. The number of aromatic nitrogens is 1. The summed E-state index contributed by atoms with van der Waals surface area (Å²) in [6, 6.07) is 0. The van der Waals surface area contributed by atoms with E-state index >= 15 is 0 Å². The molecule has 0 amide bonds. The van der Waals surface area contributed by atoms with Gasteiger partial charge in [0.05, 0.1) is 12.3 Å².